The molecular formula is C17H15F2N3O2. The van der Waals surface area contributed by atoms with Crippen molar-refractivity contribution in [1.29, 1.82) is 0 Å². The van der Waals surface area contributed by atoms with Gasteiger partial charge in [0.25, 0.3) is 5.91 Å². The Kier molecular flexibility index (Phi) is 4.41. The van der Waals surface area contributed by atoms with Crippen molar-refractivity contribution < 1.29 is 18.4 Å². The van der Waals surface area contributed by atoms with Crippen molar-refractivity contribution in [2.45, 2.75) is 18.9 Å². The normalized spacial score (nSPS) is 13.2. The molecule has 3 N–H and O–H groups in total. The Hall–Kier alpha value is -2.96. The number of anilines is 2. The van der Waals surface area contributed by atoms with Crippen molar-refractivity contribution in [1.82, 2.24) is 5.32 Å². The van der Waals surface area contributed by atoms with E-state index in [0.29, 0.717) is 11.4 Å². The average Bonchev–Trinajstić information content (AvgIpc) is 3.35. The van der Waals surface area contributed by atoms with Crippen LogP contribution in [-0.4, -0.2) is 18.0 Å². The lowest BCUT2D eigenvalue weighted by Crippen LogP contribution is -2.30. The first kappa shape index (κ1) is 15.9. The Bertz CT molecular complexity index is 774. The molecular weight excluding hydrogens is 316 g/mol. The molecule has 1 saturated carbocycles. The van der Waals surface area contributed by atoms with Gasteiger partial charge >= 0.3 is 6.03 Å². The molecule has 0 heterocycles. The molecule has 7 heteroatoms. The molecule has 3 amide bonds. The van der Waals surface area contributed by atoms with E-state index in [-0.39, 0.29) is 17.6 Å². The maximum absolute atomic E-state index is 13.6. The van der Waals surface area contributed by atoms with Gasteiger partial charge in [0.15, 0.2) is 0 Å². The number of carbonyl (C=O) groups is 2. The van der Waals surface area contributed by atoms with Crippen LogP contribution in [0.4, 0.5) is 25.0 Å². The van der Waals surface area contributed by atoms with Crippen LogP contribution < -0.4 is 16.0 Å². The lowest BCUT2D eigenvalue weighted by molar-refractivity contribution is 0.102. The van der Waals surface area contributed by atoms with Gasteiger partial charge in [-0.05, 0) is 55.3 Å². The Labute approximate surface area is 137 Å². The molecule has 0 atom stereocenters. The summed E-state index contributed by atoms with van der Waals surface area (Å²) in [5.41, 5.74) is 0.584. The SMILES string of the molecule is O=C(Nc1ccc(NC(=O)c2cc(F)ccc2F)cc1)NC1CC1. The second kappa shape index (κ2) is 6.66. The summed E-state index contributed by atoms with van der Waals surface area (Å²) in [6.45, 7) is 0. The van der Waals surface area contributed by atoms with E-state index in [1.165, 1.54) is 0 Å². The van der Waals surface area contributed by atoms with E-state index in [1.807, 2.05) is 0 Å². The summed E-state index contributed by atoms with van der Waals surface area (Å²) in [5, 5.41) is 7.93. The zero-order chi connectivity index (χ0) is 17.1. The number of hydrogen-bond donors (Lipinski definition) is 3. The van der Waals surface area contributed by atoms with E-state index in [1.54, 1.807) is 24.3 Å². The van der Waals surface area contributed by atoms with Gasteiger partial charge in [0, 0.05) is 17.4 Å². The summed E-state index contributed by atoms with van der Waals surface area (Å²) in [4.78, 5) is 23.6. The standard InChI is InChI=1S/C17H15F2N3O2/c18-10-1-8-15(19)14(9-10)16(23)20-11-2-4-12(5-3-11)21-17(24)22-13-6-7-13/h1-5,8-9,13H,6-7H2,(H,20,23)(H2,21,22,24). The van der Waals surface area contributed by atoms with Crippen LogP contribution in [0.1, 0.15) is 23.2 Å². The highest BCUT2D eigenvalue weighted by Gasteiger charge is 2.23. The molecule has 0 aromatic heterocycles. The molecule has 5 nitrogen and oxygen atoms in total. The van der Waals surface area contributed by atoms with Crippen LogP contribution in [0.15, 0.2) is 42.5 Å². The number of urea groups is 1. The zero-order valence-electron chi connectivity index (χ0n) is 12.6. The van der Waals surface area contributed by atoms with E-state index < -0.39 is 17.5 Å². The van der Waals surface area contributed by atoms with Crippen LogP contribution in [-0.2, 0) is 0 Å². The number of hydrogen-bond acceptors (Lipinski definition) is 2. The predicted octanol–water partition coefficient (Wildman–Crippen LogP) is 3.50. The van der Waals surface area contributed by atoms with Crippen LogP contribution in [0.2, 0.25) is 0 Å². The van der Waals surface area contributed by atoms with E-state index in [4.69, 9.17) is 0 Å². The fraction of sp³-hybridized carbons (Fsp3) is 0.176. The maximum Gasteiger partial charge on any atom is 0.319 e. The Morgan fingerprint density at radius 2 is 1.54 bits per heavy atom. The monoisotopic (exact) mass is 331 g/mol. The third-order valence-corrected chi connectivity index (χ3v) is 3.49. The lowest BCUT2D eigenvalue weighted by Gasteiger charge is -2.09. The first-order valence-corrected chi connectivity index (χ1v) is 7.45. The van der Waals surface area contributed by atoms with Crippen LogP contribution >= 0.6 is 0 Å². The Balaban J connectivity index is 1.61. The van der Waals surface area contributed by atoms with Gasteiger partial charge in [-0.3, -0.25) is 4.79 Å². The fourth-order valence-corrected chi connectivity index (χ4v) is 2.09. The summed E-state index contributed by atoms with van der Waals surface area (Å²) in [7, 11) is 0. The molecule has 0 unspecified atom stereocenters. The molecule has 124 valence electrons. The van der Waals surface area contributed by atoms with Gasteiger partial charge in [-0.25, -0.2) is 13.6 Å². The minimum Gasteiger partial charge on any atom is -0.335 e. The fourth-order valence-electron chi connectivity index (χ4n) is 2.09. The van der Waals surface area contributed by atoms with Crippen LogP contribution in [0.5, 0.6) is 0 Å². The molecule has 0 aliphatic heterocycles. The van der Waals surface area contributed by atoms with Gasteiger partial charge in [-0.1, -0.05) is 0 Å². The number of rotatable bonds is 4. The summed E-state index contributed by atoms with van der Waals surface area (Å²) >= 11 is 0. The predicted molar refractivity (Wildman–Crippen MR) is 85.9 cm³/mol. The molecule has 2 aromatic carbocycles. The van der Waals surface area contributed by atoms with Gasteiger partial charge in [0.05, 0.1) is 5.56 Å². The van der Waals surface area contributed by atoms with E-state index in [0.717, 1.165) is 31.0 Å². The molecule has 2 aromatic rings. The number of nitrogens with one attached hydrogen (secondary N) is 3. The number of carbonyl (C=O) groups excluding carboxylic acids is 2. The molecule has 1 aliphatic rings. The number of benzene rings is 2. The molecule has 1 fully saturated rings. The average molecular weight is 331 g/mol. The van der Waals surface area contributed by atoms with E-state index >= 15 is 0 Å². The van der Waals surface area contributed by atoms with Crippen molar-refractivity contribution >= 4 is 23.3 Å². The Morgan fingerprint density at radius 3 is 2.17 bits per heavy atom. The highest BCUT2D eigenvalue weighted by molar-refractivity contribution is 6.04. The van der Waals surface area contributed by atoms with Crippen LogP contribution in [0.3, 0.4) is 0 Å². The largest absolute Gasteiger partial charge is 0.335 e. The lowest BCUT2D eigenvalue weighted by atomic mass is 10.2. The van der Waals surface area contributed by atoms with Crippen LogP contribution in [0, 0.1) is 11.6 Å². The molecule has 0 bridgehead atoms. The van der Waals surface area contributed by atoms with Gasteiger partial charge < -0.3 is 16.0 Å². The van der Waals surface area contributed by atoms with Gasteiger partial charge in [0.1, 0.15) is 11.6 Å². The summed E-state index contributed by atoms with van der Waals surface area (Å²) in [5.74, 6) is -2.24. The first-order valence-electron chi connectivity index (χ1n) is 7.45. The van der Waals surface area contributed by atoms with Crippen LogP contribution in [0.25, 0.3) is 0 Å². The van der Waals surface area contributed by atoms with Crippen molar-refractivity contribution in [3.63, 3.8) is 0 Å². The molecule has 24 heavy (non-hydrogen) atoms. The molecule has 1 aliphatic carbocycles. The maximum atomic E-state index is 13.6. The second-order valence-electron chi connectivity index (χ2n) is 5.53. The minimum atomic E-state index is -0.802. The highest BCUT2D eigenvalue weighted by Crippen LogP contribution is 2.19. The first-order chi connectivity index (χ1) is 11.5. The number of halogens is 2. The van der Waals surface area contributed by atoms with Crippen molar-refractivity contribution in [3.8, 4) is 0 Å². The van der Waals surface area contributed by atoms with Gasteiger partial charge in [-0.15, -0.1) is 0 Å². The van der Waals surface area contributed by atoms with E-state index in [9.17, 15) is 18.4 Å². The van der Waals surface area contributed by atoms with Gasteiger partial charge in [0.2, 0.25) is 0 Å². The van der Waals surface area contributed by atoms with Crippen molar-refractivity contribution in [3.05, 3.63) is 59.7 Å². The topological polar surface area (TPSA) is 70.2 Å². The minimum absolute atomic E-state index is 0.254. The Morgan fingerprint density at radius 1 is 0.917 bits per heavy atom. The third kappa shape index (κ3) is 4.07. The smallest absolute Gasteiger partial charge is 0.319 e. The summed E-state index contributed by atoms with van der Waals surface area (Å²) < 4.78 is 26.7. The van der Waals surface area contributed by atoms with Crippen molar-refractivity contribution in [2.24, 2.45) is 0 Å². The highest BCUT2D eigenvalue weighted by atomic mass is 19.1. The quantitative estimate of drug-likeness (QED) is 0.802. The number of amides is 3. The van der Waals surface area contributed by atoms with E-state index in [2.05, 4.69) is 16.0 Å². The molecule has 3 rings (SSSR count). The zero-order valence-corrected chi connectivity index (χ0v) is 12.6. The third-order valence-electron chi connectivity index (χ3n) is 3.49. The van der Waals surface area contributed by atoms with Crippen molar-refractivity contribution in [2.75, 3.05) is 10.6 Å². The van der Waals surface area contributed by atoms with Gasteiger partial charge in [-0.2, -0.15) is 0 Å². The summed E-state index contributed by atoms with van der Waals surface area (Å²) in [6, 6.07) is 8.97. The summed E-state index contributed by atoms with van der Waals surface area (Å²) in [6.07, 6.45) is 1.99. The molecule has 0 radical (unpaired) electrons. The second-order valence-corrected chi connectivity index (χ2v) is 5.53. The molecule has 0 spiro atoms. The molecule has 0 saturated heterocycles.